The summed E-state index contributed by atoms with van der Waals surface area (Å²) < 4.78 is 0.106. The molecule has 2 aliphatic heterocycles. The average molecular weight is 269 g/mol. The van der Waals surface area contributed by atoms with E-state index in [1.807, 2.05) is 11.8 Å². The van der Waals surface area contributed by atoms with Crippen molar-refractivity contribution in [3.8, 4) is 11.8 Å². The van der Waals surface area contributed by atoms with Crippen LogP contribution in [0.2, 0.25) is 0 Å². The minimum absolute atomic E-state index is 0.0578. The van der Waals surface area contributed by atoms with Gasteiger partial charge in [0.2, 0.25) is 0 Å². The molecule has 92 valence electrons. The van der Waals surface area contributed by atoms with Crippen molar-refractivity contribution < 1.29 is 0 Å². The van der Waals surface area contributed by atoms with Crippen LogP contribution in [0.1, 0.15) is 27.2 Å². The van der Waals surface area contributed by atoms with E-state index in [1.165, 1.54) is 0 Å². The number of alkyl halides is 1. The van der Waals surface area contributed by atoms with Crippen molar-refractivity contribution >= 4 is 35.9 Å². The molecule has 0 saturated carbocycles. The fourth-order valence-electron chi connectivity index (χ4n) is 1.86. The maximum absolute atomic E-state index is 6.35. The summed E-state index contributed by atoms with van der Waals surface area (Å²) in [4.78, 5) is 8.04. The molecule has 0 aromatic rings. The molecule has 2 aliphatic rings. The molecule has 0 radical (unpaired) electrons. The van der Waals surface area contributed by atoms with Crippen LogP contribution in [0.5, 0.6) is 0 Å². The van der Waals surface area contributed by atoms with Gasteiger partial charge in [-0.15, -0.1) is 23.4 Å². The van der Waals surface area contributed by atoms with Crippen LogP contribution in [0.15, 0.2) is 9.98 Å². The van der Waals surface area contributed by atoms with Crippen LogP contribution in [0, 0.1) is 23.2 Å². The van der Waals surface area contributed by atoms with Gasteiger partial charge in [0, 0.05) is 17.4 Å². The summed E-state index contributed by atoms with van der Waals surface area (Å²) in [6.45, 7) is 6.79. The maximum Gasteiger partial charge on any atom is 0.147 e. The van der Waals surface area contributed by atoms with Crippen molar-refractivity contribution in [2.45, 2.75) is 43.2 Å². The summed E-state index contributed by atoms with van der Waals surface area (Å²) >= 11 is 8.21. The van der Waals surface area contributed by atoms with Gasteiger partial charge in [-0.2, -0.15) is 0 Å². The fraction of sp³-hybridized carbons (Fsp3) is 0.692. The van der Waals surface area contributed by atoms with Gasteiger partial charge >= 0.3 is 0 Å². The van der Waals surface area contributed by atoms with Crippen molar-refractivity contribution in [3.63, 3.8) is 0 Å². The minimum Gasteiger partial charge on any atom is -0.251 e. The van der Waals surface area contributed by atoms with Crippen molar-refractivity contribution in [3.05, 3.63) is 0 Å². The third-order valence-electron chi connectivity index (χ3n) is 2.98. The Morgan fingerprint density at radius 3 is 2.65 bits per heavy atom. The highest BCUT2D eigenvalue weighted by Gasteiger charge is 2.38. The normalized spacial score (nSPS) is 36.0. The molecule has 0 spiro atoms. The van der Waals surface area contributed by atoms with Gasteiger partial charge in [0.25, 0.3) is 0 Å². The lowest BCUT2D eigenvalue weighted by atomic mass is 9.87. The summed E-state index contributed by atoms with van der Waals surface area (Å²) in [7, 11) is 0. The molecule has 4 heteroatoms. The van der Waals surface area contributed by atoms with Crippen LogP contribution in [0.25, 0.3) is 0 Å². The molecule has 2 rings (SSSR count). The smallest absolute Gasteiger partial charge is 0.147 e. The third kappa shape index (κ3) is 3.26. The maximum atomic E-state index is 6.35. The zero-order valence-corrected chi connectivity index (χ0v) is 11.9. The molecular weight excluding hydrogens is 252 g/mol. The Morgan fingerprint density at radius 1 is 1.35 bits per heavy atom. The highest BCUT2D eigenvalue weighted by molar-refractivity contribution is 8.02. The van der Waals surface area contributed by atoms with Crippen molar-refractivity contribution in [2.24, 2.45) is 21.3 Å². The molecule has 2 heterocycles. The quantitative estimate of drug-likeness (QED) is 0.489. The van der Waals surface area contributed by atoms with E-state index in [9.17, 15) is 0 Å². The van der Waals surface area contributed by atoms with Gasteiger partial charge in [0.15, 0.2) is 0 Å². The number of halogens is 1. The second kappa shape index (κ2) is 5.04. The number of hydrogen-bond acceptors (Lipinski definition) is 3. The Kier molecular flexibility index (Phi) is 3.85. The Morgan fingerprint density at radius 2 is 2.12 bits per heavy atom. The number of aliphatic imine (C=N–C) groups is 2. The van der Waals surface area contributed by atoms with E-state index in [2.05, 4.69) is 42.6 Å². The van der Waals surface area contributed by atoms with Crippen molar-refractivity contribution in [1.82, 2.24) is 0 Å². The van der Waals surface area contributed by atoms with Gasteiger partial charge < -0.3 is 0 Å². The Bertz CT molecular complexity index is 388. The molecular formula is C13H17ClN2S. The van der Waals surface area contributed by atoms with Gasteiger partial charge in [-0.25, -0.2) is 4.99 Å². The molecule has 0 aromatic heterocycles. The van der Waals surface area contributed by atoms with Gasteiger partial charge in [-0.1, -0.05) is 32.6 Å². The predicted molar refractivity (Wildman–Crippen MR) is 77.1 cm³/mol. The lowest BCUT2D eigenvalue weighted by Gasteiger charge is -2.25. The lowest BCUT2D eigenvalue weighted by Crippen LogP contribution is -2.20. The molecule has 2 nitrogen and oxygen atoms in total. The molecule has 0 amide bonds. The van der Waals surface area contributed by atoms with Crippen molar-refractivity contribution in [1.29, 1.82) is 0 Å². The zero-order valence-electron chi connectivity index (χ0n) is 10.4. The minimum atomic E-state index is -0.0578. The summed E-state index contributed by atoms with van der Waals surface area (Å²) in [5, 5.41) is 0.588. The molecule has 1 saturated heterocycles. The molecule has 0 N–H and O–H groups in total. The first-order chi connectivity index (χ1) is 7.97. The van der Waals surface area contributed by atoms with Crippen LogP contribution < -0.4 is 0 Å². The topological polar surface area (TPSA) is 24.7 Å². The summed E-state index contributed by atoms with van der Waals surface area (Å²) in [6.07, 6.45) is 4.39. The van der Waals surface area contributed by atoms with E-state index in [0.29, 0.717) is 10.7 Å². The highest BCUT2D eigenvalue weighted by atomic mass is 35.5. The lowest BCUT2D eigenvalue weighted by molar-refractivity contribution is 0.375. The number of nitrogens with zero attached hydrogens (tertiary/aromatic N) is 2. The van der Waals surface area contributed by atoms with E-state index in [-0.39, 0.29) is 16.7 Å². The first-order valence-electron chi connectivity index (χ1n) is 5.82. The Labute approximate surface area is 112 Å². The number of thioether (sulfide) groups is 1. The van der Waals surface area contributed by atoms with Crippen molar-refractivity contribution in [2.75, 3.05) is 0 Å². The first-order valence-corrected chi connectivity index (χ1v) is 7.20. The predicted octanol–water partition coefficient (Wildman–Crippen LogP) is 3.20. The Hall–Kier alpha value is -0.460. The van der Waals surface area contributed by atoms with Gasteiger partial charge in [0.05, 0.1) is 4.71 Å². The Balaban J connectivity index is 1.98. The standard InChI is InChI=1S/C13H17ClN2S/c1-13(2,3)11-6-9(12(14)17-11)4-5-10-7-15-8-16-10/h7-12H,6H2,1-3H3. The van der Waals surface area contributed by atoms with Crippen LogP contribution in [-0.4, -0.2) is 28.6 Å². The first kappa shape index (κ1) is 13.0. The highest BCUT2D eigenvalue weighted by Crippen LogP contribution is 2.47. The van der Waals surface area contributed by atoms with E-state index in [1.54, 1.807) is 12.6 Å². The van der Waals surface area contributed by atoms with Gasteiger partial charge in [-0.05, 0) is 11.8 Å². The van der Waals surface area contributed by atoms with Gasteiger partial charge in [-0.3, -0.25) is 4.99 Å². The number of rotatable bonds is 0. The van der Waals surface area contributed by atoms with Crippen LogP contribution in [-0.2, 0) is 0 Å². The van der Waals surface area contributed by atoms with E-state index in [4.69, 9.17) is 11.6 Å². The van der Waals surface area contributed by atoms with Crippen LogP contribution in [0.4, 0.5) is 0 Å². The summed E-state index contributed by atoms with van der Waals surface area (Å²) in [6, 6.07) is -0.0578. The SMILES string of the molecule is CC(C)(C)C1CC(C#CC2C=NC=N2)C(Cl)S1. The molecule has 4 unspecified atom stereocenters. The van der Waals surface area contributed by atoms with E-state index >= 15 is 0 Å². The monoisotopic (exact) mass is 268 g/mol. The zero-order chi connectivity index (χ0) is 12.5. The van der Waals surface area contributed by atoms with Crippen LogP contribution in [0.3, 0.4) is 0 Å². The fourth-order valence-corrected chi connectivity index (χ4v) is 3.81. The molecule has 0 aromatic carbocycles. The second-order valence-electron chi connectivity index (χ2n) is 5.48. The second-order valence-corrected chi connectivity index (χ2v) is 7.56. The molecule has 0 aliphatic carbocycles. The summed E-state index contributed by atoms with van der Waals surface area (Å²) in [5.41, 5.74) is 0.293. The molecule has 17 heavy (non-hydrogen) atoms. The van der Waals surface area contributed by atoms with E-state index in [0.717, 1.165) is 6.42 Å². The van der Waals surface area contributed by atoms with Crippen LogP contribution >= 0.6 is 23.4 Å². The molecule has 0 bridgehead atoms. The van der Waals surface area contributed by atoms with Gasteiger partial charge in [0.1, 0.15) is 12.4 Å². The number of hydrogen-bond donors (Lipinski definition) is 0. The van der Waals surface area contributed by atoms with E-state index < -0.39 is 0 Å². The third-order valence-corrected chi connectivity index (χ3v) is 5.41. The summed E-state index contributed by atoms with van der Waals surface area (Å²) in [5.74, 6) is 6.67. The molecule has 4 atom stereocenters. The average Bonchev–Trinajstić information content (AvgIpc) is 2.83. The molecule has 1 fully saturated rings. The largest absolute Gasteiger partial charge is 0.251 e.